The molecule has 0 aromatic carbocycles. The lowest BCUT2D eigenvalue weighted by atomic mass is 10.0. The molecule has 1 saturated heterocycles. The molecule has 0 radical (unpaired) electrons. The fourth-order valence-corrected chi connectivity index (χ4v) is 3.73. The highest BCUT2D eigenvalue weighted by molar-refractivity contribution is 5.76. The second kappa shape index (κ2) is 7.27. The Morgan fingerprint density at radius 2 is 2.14 bits per heavy atom. The van der Waals surface area contributed by atoms with E-state index in [0.717, 1.165) is 51.8 Å². The van der Waals surface area contributed by atoms with Gasteiger partial charge in [0.25, 0.3) is 0 Å². The van der Waals surface area contributed by atoms with E-state index in [0.29, 0.717) is 12.5 Å². The number of ether oxygens (including phenoxy) is 1. The first-order valence-corrected chi connectivity index (χ1v) is 8.57. The van der Waals surface area contributed by atoms with Crippen LogP contribution in [0.4, 0.5) is 0 Å². The van der Waals surface area contributed by atoms with Crippen molar-refractivity contribution in [3.05, 3.63) is 17.7 Å². The van der Waals surface area contributed by atoms with Crippen LogP contribution in [0.5, 0.6) is 0 Å². The molecule has 22 heavy (non-hydrogen) atoms. The number of imidazole rings is 1. The van der Waals surface area contributed by atoms with Gasteiger partial charge in [0.05, 0.1) is 12.0 Å². The lowest BCUT2D eigenvalue weighted by Crippen LogP contribution is -2.35. The van der Waals surface area contributed by atoms with Crippen molar-refractivity contribution >= 4 is 5.91 Å². The third-order valence-corrected chi connectivity index (χ3v) is 5.02. The molecule has 1 aliphatic heterocycles. The highest BCUT2D eigenvalue weighted by atomic mass is 16.5. The van der Waals surface area contributed by atoms with Crippen molar-refractivity contribution in [3.8, 4) is 0 Å². The Labute approximate surface area is 132 Å². The van der Waals surface area contributed by atoms with Gasteiger partial charge in [-0.2, -0.15) is 0 Å². The Hall–Kier alpha value is -1.36. The number of likely N-dealkylation sites (tertiary alicyclic amines) is 1. The van der Waals surface area contributed by atoms with E-state index in [1.807, 2.05) is 11.2 Å². The van der Waals surface area contributed by atoms with Crippen LogP contribution >= 0.6 is 0 Å². The summed E-state index contributed by atoms with van der Waals surface area (Å²) in [5.74, 6) is 0.840. The summed E-state index contributed by atoms with van der Waals surface area (Å²) in [6.45, 7) is 3.02. The van der Waals surface area contributed by atoms with Crippen molar-refractivity contribution in [1.29, 1.82) is 0 Å². The zero-order valence-electron chi connectivity index (χ0n) is 13.6. The summed E-state index contributed by atoms with van der Waals surface area (Å²) in [5.41, 5.74) is 2.49. The lowest BCUT2D eigenvalue weighted by molar-refractivity contribution is -0.131. The average molecular weight is 305 g/mol. The van der Waals surface area contributed by atoms with Gasteiger partial charge in [-0.25, -0.2) is 4.98 Å². The van der Waals surface area contributed by atoms with E-state index in [1.54, 1.807) is 7.11 Å². The Kier molecular flexibility index (Phi) is 5.13. The number of amides is 1. The minimum atomic E-state index is 0.240. The molecular weight excluding hydrogens is 278 g/mol. The van der Waals surface area contributed by atoms with E-state index >= 15 is 0 Å². The van der Waals surface area contributed by atoms with E-state index in [9.17, 15) is 4.79 Å². The van der Waals surface area contributed by atoms with Gasteiger partial charge in [-0.3, -0.25) is 4.79 Å². The Morgan fingerprint density at radius 3 is 3.00 bits per heavy atom. The normalized spacial score (nSPS) is 22.2. The van der Waals surface area contributed by atoms with Gasteiger partial charge < -0.3 is 14.2 Å². The first kappa shape index (κ1) is 15.5. The Morgan fingerprint density at radius 1 is 1.27 bits per heavy atom. The Balaban J connectivity index is 1.59. The molecule has 122 valence electrons. The van der Waals surface area contributed by atoms with Gasteiger partial charge in [-0.1, -0.05) is 0 Å². The molecule has 1 aromatic rings. The third kappa shape index (κ3) is 3.51. The van der Waals surface area contributed by atoms with Crippen LogP contribution in [0.25, 0.3) is 0 Å². The number of methoxy groups -OCH3 is 1. The summed E-state index contributed by atoms with van der Waals surface area (Å²) in [6.07, 6.45) is 9.75. The molecule has 1 aromatic heterocycles. The minimum Gasteiger partial charge on any atom is -0.384 e. The van der Waals surface area contributed by atoms with Crippen molar-refractivity contribution in [3.63, 3.8) is 0 Å². The highest BCUT2D eigenvalue weighted by Gasteiger charge is 2.22. The quantitative estimate of drug-likeness (QED) is 0.855. The molecule has 0 bridgehead atoms. The maximum absolute atomic E-state index is 12.6. The fourth-order valence-electron chi connectivity index (χ4n) is 3.73. The molecule has 2 heterocycles. The first-order valence-electron chi connectivity index (χ1n) is 8.57. The fraction of sp³-hybridized carbons (Fsp3) is 0.765. The molecule has 0 unspecified atom stereocenters. The van der Waals surface area contributed by atoms with Crippen molar-refractivity contribution < 1.29 is 9.53 Å². The molecule has 1 aliphatic carbocycles. The van der Waals surface area contributed by atoms with E-state index in [4.69, 9.17) is 4.74 Å². The molecule has 5 nitrogen and oxygen atoms in total. The second-order valence-corrected chi connectivity index (χ2v) is 6.61. The summed E-state index contributed by atoms with van der Waals surface area (Å²) in [4.78, 5) is 19.1. The van der Waals surface area contributed by atoms with Gasteiger partial charge in [-0.15, -0.1) is 0 Å². The summed E-state index contributed by atoms with van der Waals surface area (Å²) in [6, 6.07) is 0. The number of aromatic nitrogens is 2. The molecule has 0 spiro atoms. The van der Waals surface area contributed by atoms with Crippen molar-refractivity contribution in [2.45, 2.75) is 51.5 Å². The predicted octanol–water partition coefficient (Wildman–Crippen LogP) is 2.04. The van der Waals surface area contributed by atoms with Crippen LogP contribution in [-0.4, -0.2) is 47.2 Å². The van der Waals surface area contributed by atoms with Crippen LogP contribution < -0.4 is 0 Å². The number of rotatable bonds is 4. The number of aryl methyl sites for hydroxylation is 1. The molecule has 1 fully saturated rings. The van der Waals surface area contributed by atoms with Crippen molar-refractivity contribution in [2.24, 2.45) is 5.92 Å². The summed E-state index contributed by atoms with van der Waals surface area (Å²) in [5, 5.41) is 0. The van der Waals surface area contributed by atoms with Gasteiger partial charge >= 0.3 is 0 Å². The highest BCUT2D eigenvalue weighted by Crippen LogP contribution is 2.21. The van der Waals surface area contributed by atoms with E-state index in [-0.39, 0.29) is 5.91 Å². The van der Waals surface area contributed by atoms with Crippen molar-refractivity contribution in [2.75, 3.05) is 26.8 Å². The largest absolute Gasteiger partial charge is 0.384 e. The molecule has 3 rings (SSSR count). The topological polar surface area (TPSA) is 47.4 Å². The number of fused-ring (bicyclic) bond motifs is 1. The zero-order valence-corrected chi connectivity index (χ0v) is 13.6. The standard InChI is InChI=1S/C17H27N3O2/c1-22-12-14-5-4-9-19(10-8-14)17(21)11-20-13-18-15-6-2-3-7-16(15)20/h13-14H,2-12H2,1H3/t14-/m0/s1. The molecule has 0 saturated carbocycles. The zero-order chi connectivity index (χ0) is 15.4. The first-order chi connectivity index (χ1) is 10.8. The molecule has 1 amide bonds. The van der Waals surface area contributed by atoms with Crippen LogP contribution in [0.2, 0.25) is 0 Å². The molecule has 0 N–H and O–H groups in total. The second-order valence-electron chi connectivity index (χ2n) is 6.61. The lowest BCUT2D eigenvalue weighted by Gasteiger charge is -2.22. The van der Waals surface area contributed by atoms with Gasteiger partial charge in [-0.05, 0) is 50.9 Å². The van der Waals surface area contributed by atoms with Gasteiger partial charge in [0, 0.05) is 32.5 Å². The summed E-state index contributed by atoms with van der Waals surface area (Å²) < 4.78 is 7.34. The third-order valence-electron chi connectivity index (χ3n) is 5.02. The van der Waals surface area contributed by atoms with Gasteiger partial charge in [0.15, 0.2) is 0 Å². The van der Waals surface area contributed by atoms with Crippen LogP contribution in [0.1, 0.15) is 43.5 Å². The van der Waals surface area contributed by atoms with Crippen LogP contribution in [0, 0.1) is 5.92 Å². The van der Waals surface area contributed by atoms with Crippen LogP contribution in [0.3, 0.4) is 0 Å². The number of nitrogens with zero attached hydrogens (tertiary/aromatic N) is 3. The van der Waals surface area contributed by atoms with Gasteiger partial charge in [0.2, 0.25) is 5.91 Å². The monoisotopic (exact) mass is 305 g/mol. The summed E-state index contributed by atoms with van der Waals surface area (Å²) >= 11 is 0. The maximum Gasteiger partial charge on any atom is 0.242 e. The molecule has 2 aliphatic rings. The van der Waals surface area contributed by atoms with Crippen molar-refractivity contribution in [1.82, 2.24) is 14.5 Å². The maximum atomic E-state index is 12.6. The van der Waals surface area contributed by atoms with E-state index in [1.165, 1.54) is 24.2 Å². The molecule has 5 heteroatoms. The number of carbonyl (C=O) groups is 1. The van der Waals surface area contributed by atoms with Gasteiger partial charge in [0.1, 0.15) is 6.54 Å². The number of hydrogen-bond donors (Lipinski definition) is 0. The SMILES string of the molecule is COC[C@H]1CCCN(C(=O)Cn2cnc3c2CCCC3)CC1. The Bertz CT molecular complexity index is 512. The predicted molar refractivity (Wildman–Crippen MR) is 84.7 cm³/mol. The molecule has 1 atom stereocenters. The molecular formula is C17H27N3O2. The summed E-state index contributed by atoms with van der Waals surface area (Å²) in [7, 11) is 1.76. The van der Waals surface area contributed by atoms with Crippen LogP contribution in [-0.2, 0) is 28.9 Å². The van der Waals surface area contributed by atoms with E-state index in [2.05, 4.69) is 9.55 Å². The van der Waals surface area contributed by atoms with E-state index < -0.39 is 0 Å². The number of carbonyl (C=O) groups excluding carboxylic acids is 1. The average Bonchev–Trinajstić information content (AvgIpc) is 2.78. The van der Waals surface area contributed by atoms with Crippen LogP contribution in [0.15, 0.2) is 6.33 Å². The smallest absolute Gasteiger partial charge is 0.242 e. The number of hydrogen-bond acceptors (Lipinski definition) is 3. The minimum absolute atomic E-state index is 0.240.